The number of pyridine rings is 1. The van der Waals surface area contributed by atoms with Crippen LogP contribution >= 0.6 is 0 Å². The highest BCUT2D eigenvalue weighted by Crippen LogP contribution is 2.31. The molecule has 1 radical (unpaired) electrons. The summed E-state index contributed by atoms with van der Waals surface area (Å²) in [5.74, 6) is 0. The van der Waals surface area contributed by atoms with Crippen LogP contribution in [0.25, 0.3) is 22.2 Å². The molecule has 3 aromatic rings. The van der Waals surface area contributed by atoms with E-state index in [1.54, 1.807) is 7.41 Å². The normalized spacial score (nSPS) is 17.7. The molecule has 0 saturated carbocycles. The predicted molar refractivity (Wildman–Crippen MR) is 122 cm³/mol. The monoisotopic (exact) mass is 417 g/mol. The Morgan fingerprint density at radius 3 is 2.39 bits per heavy atom. The number of carbonyl (C=O) groups is 1. The van der Waals surface area contributed by atoms with E-state index in [1.165, 1.54) is 5.69 Å². The highest BCUT2D eigenvalue weighted by atomic mass is 16.5. The van der Waals surface area contributed by atoms with Crippen molar-refractivity contribution in [3.8, 4) is 11.3 Å². The Morgan fingerprint density at radius 2 is 1.68 bits per heavy atom. The van der Waals surface area contributed by atoms with E-state index >= 15 is 0 Å². The molecule has 159 valence electrons. The number of hydrogen-bond donors (Lipinski definition) is 0. The third-order valence-electron chi connectivity index (χ3n) is 6.06. The van der Waals surface area contributed by atoms with Gasteiger partial charge in [0.2, 0.25) is 0 Å². The first-order valence-corrected chi connectivity index (χ1v) is 10.8. The van der Waals surface area contributed by atoms with Gasteiger partial charge in [0.05, 0.1) is 32.1 Å². The van der Waals surface area contributed by atoms with Crippen LogP contribution in [0.2, 0.25) is 0 Å². The lowest BCUT2D eigenvalue weighted by Gasteiger charge is -2.28. The van der Waals surface area contributed by atoms with Gasteiger partial charge in [0.15, 0.2) is 0 Å². The number of carbonyl (C=O) groups excluding carboxylic acids is 1. The van der Waals surface area contributed by atoms with Gasteiger partial charge in [-0.1, -0.05) is 12.1 Å². The minimum absolute atomic E-state index is 0.750. The SMILES string of the molecule is O=C[B]n1c(CN2CCOCC2)cc2c(-c3ccc(N4CCOCC4)cc3)nccc21. The van der Waals surface area contributed by atoms with Crippen molar-refractivity contribution in [2.24, 2.45) is 0 Å². The molecule has 0 aliphatic carbocycles. The van der Waals surface area contributed by atoms with Crippen LogP contribution in [0.5, 0.6) is 0 Å². The molecule has 31 heavy (non-hydrogen) atoms. The molecule has 2 saturated heterocycles. The number of fused-ring (bicyclic) bond motifs is 1. The fourth-order valence-corrected chi connectivity index (χ4v) is 4.44. The molecule has 0 spiro atoms. The van der Waals surface area contributed by atoms with Crippen molar-refractivity contribution in [1.29, 1.82) is 0 Å². The second kappa shape index (κ2) is 9.22. The summed E-state index contributed by atoms with van der Waals surface area (Å²) in [5, 5.41) is 1.06. The first-order valence-electron chi connectivity index (χ1n) is 10.8. The first-order chi connectivity index (χ1) is 15.3. The third kappa shape index (κ3) is 4.24. The molecule has 2 aliphatic rings. The largest absolute Gasteiger partial charge is 0.384 e. The summed E-state index contributed by atoms with van der Waals surface area (Å²) in [5.41, 5.74) is 5.30. The van der Waals surface area contributed by atoms with Crippen LogP contribution in [-0.4, -0.2) is 80.6 Å². The van der Waals surface area contributed by atoms with E-state index in [-0.39, 0.29) is 0 Å². The molecule has 0 bridgehead atoms. The highest BCUT2D eigenvalue weighted by Gasteiger charge is 2.18. The number of morpholine rings is 2. The summed E-state index contributed by atoms with van der Waals surface area (Å²) in [7, 11) is 1.60. The van der Waals surface area contributed by atoms with Gasteiger partial charge in [0.1, 0.15) is 6.19 Å². The van der Waals surface area contributed by atoms with Crippen molar-refractivity contribution in [3.63, 3.8) is 0 Å². The van der Waals surface area contributed by atoms with Gasteiger partial charge in [-0.3, -0.25) is 9.88 Å². The van der Waals surface area contributed by atoms with E-state index in [4.69, 9.17) is 14.5 Å². The van der Waals surface area contributed by atoms with E-state index in [9.17, 15) is 4.79 Å². The molecule has 2 aliphatic heterocycles. The maximum Gasteiger partial charge on any atom is 0.333 e. The quantitative estimate of drug-likeness (QED) is 0.452. The predicted octanol–water partition coefficient (Wildman–Crippen LogP) is 2.03. The van der Waals surface area contributed by atoms with Gasteiger partial charge >= 0.3 is 7.41 Å². The Morgan fingerprint density at radius 1 is 0.968 bits per heavy atom. The molecule has 1 aromatic carbocycles. The van der Waals surface area contributed by atoms with Crippen LogP contribution in [-0.2, 0) is 20.8 Å². The molecule has 5 rings (SSSR count). The van der Waals surface area contributed by atoms with Gasteiger partial charge < -0.3 is 23.6 Å². The lowest BCUT2D eigenvalue weighted by atomic mass is 9.97. The zero-order valence-electron chi connectivity index (χ0n) is 17.6. The van der Waals surface area contributed by atoms with Crippen LogP contribution in [0, 0.1) is 0 Å². The smallest absolute Gasteiger partial charge is 0.333 e. The number of aromatic nitrogens is 2. The van der Waals surface area contributed by atoms with Crippen LogP contribution < -0.4 is 4.90 Å². The molecule has 0 atom stereocenters. The van der Waals surface area contributed by atoms with Gasteiger partial charge in [-0.25, -0.2) is 0 Å². The Balaban J connectivity index is 1.48. The van der Waals surface area contributed by atoms with Crippen molar-refractivity contribution < 1.29 is 14.3 Å². The zero-order valence-corrected chi connectivity index (χ0v) is 17.6. The Kier molecular flexibility index (Phi) is 6.02. The van der Waals surface area contributed by atoms with Gasteiger partial charge in [-0.15, -0.1) is 0 Å². The van der Waals surface area contributed by atoms with E-state index in [0.29, 0.717) is 0 Å². The lowest BCUT2D eigenvalue weighted by molar-refractivity contribution is 0.0336. The number of nitrogens with zero attached hydrogens (tertiary/aromatic N) is 4. The number of benzene rings is 1. The van der Waals surface area contributed by atoms with Gasteiger partial charge in [-0.05, 0) is 24.3 Å². The second-order valence-corrected chi connectivity index (χ2v) is 7.92. The molecule has 7 nitrogen and oxygen atoms in total. The summed E-state index contributed by atoms with van der Waals surface area (Å²) in [6.45, 7) is 7.46. The average molecular weight is 417 g/mol. The van der Waals surface area contributed by atoms with E-state index in [0.717, 1.165) is 93.2 Å². The van der Waals surface area contributed by atoms with Crippen molar-refractivity contribution in [3.05, 3.63) is 48.3 Å². The van der Waals surface area contributed by atoms with Gasteiger partial charge in [0.25, 0.3) is 0 Å². The van der Waals surface area contributed by atoms with Crippen LogP contribution in [0.15, 0.2) is 42.6 Å². The Labute approximate surface area is 182 Å². The standard InChI is InChI=1S/C23H26BN4O3/c29-17-24-28-20(16-26-7-11-30-12-8-26)15-21-22(28)5-6-25-23(21)18-1-3-19(4-2-18)27-9-13-31-14-10-27/h1-6,15,17H,7-14,16H2. The third-order valence-corrected chi connectivity index (χ3v) is 6.06. The minimum Gasteiger partial charge on any atom is -0.384 e. The summed E-state index contributed by atoms with van der Waals surface area (Å²) >= 11 is 0. The number of rotatable bonds is 6. The van der Waals surface area contributed by atoms with Crippen molar-refractivity contribution in [2.45, 2.75) is 6.54 Å². The maximum atomic E-state index is 11.4. The van der Waals surface area contributed by atoms with Crippen molar-refractivity contribution in [2.75, 3.05) is 57.5 Å². The average Bonchev–Trinajstić information content (AvgIpc) is 3.18. The first kappa shape index (κ1) is 20.2. The molecule has 2 aromatic heterocycles. The van der Waals surface area contributed by atoms with E-state index in [1.807, 2.05) is 16.7 Å². The highest BCUT2D eigenvalue weighted by molar-refractivity contribution is 6.66. The van der Waals surface area contributed by atoms with Crippen LogP contribution in [0.4, 0.5) is 5.69 Å². The number of ether oxygens (including phenoxy) is 2. The summed E-state index contributed by atoms with van der Waals surface area (Å²) in [6, 6.07) is 12.7. The molecule has 2 fully saturated rings. The fraction of sp³-hybridized carbons (Fsp3) is 0.391. The minimum atomic E-state index is 0.750. The fourth-order valence-electron chi connectivity index (χ4n) is 4.44. The summed E-state index contributed by atoms with van der Waals surface area (Å²) in [6.07, 6.45) is 2.67. The topological polar surface area (TPSA) is 59.8 Å². The number of anilines is 1. The number of hydrogen-bond acceptors (Lipinski definition) is 6. The molecule has 0 unspecified atom stereocenters. The Hall–Kier alpha value is -2.68. The van der Waals surface area contributed by atoms with Gasteiger partial charge in [0, 0.05) is 66.8 Å². The molecule has 0 amide bonds. The molecular formula is C23H26BN4O3. The zero-order chi connectivity index (χ0) is 21.0. The lowest BCUT2D eigenvalue weighted by Crippen LogP contribution is -2.36. The molecule has 4 heterocycles. The van der Waals surface area contributed by atoms with Crippen LogP contribution in [0.3, 0.4) is 0 Å². The molecule has 0 N–H and O–H groups in total. The van der Waals surface area contributed by atoms with E-state index < -0.39 is 0 Å². The second-order valence-electron chi connectivity index (χ2n) is 7.92. The maximum absolute atomic E-state index is 11.4. The molecular weight excluding hydrogens is 391 g/mol. The van der Waals surface area contributed by atoms with Crippen molar-refractivity contribution >= 4 is 30.2 Å². The van der Waals surface area contributed by atoms with Gasteiger partial charge in [-0.2, -0.15) is 0 Å². The van der Waals surface area contributed by atoms with E-state index in [2.05, 4.69) is 40.1 Å². The van der Waals surface area contributed by atoms with Crippen LogP contribution in [0.1, 0.15) is 5.69 Å². The molecule has 8 heteroatoms. The summed E-state index contributed by atoms with van der Waals surface area (Å²) < 4.78 is 12.9. The van der Waals surface area contributed by atoms with Crippen molar-refractivity contribution in [1.82, 2.24) is 14.4 Å². The summed E-state index contributed by atoms with van der Waals surface area (Å²) in [4.78, 5) is 20.8. The Bertz CT molecular complexity index is 1040.